The number of esters is 2. The summed E-state index contributed by atoms with van der Waals surface area (Å²) in [5.74, 6) is -6.28. The van der Waals surface area contributed by atoms with Gasteiger partial charge in [-0.15, -0.1) is 0 Å². The van der Waals surface area contributed by atoms with E-state index >= 15 is 0 Å². The molecule has 13 nitrogen and oxygen atoms in total. The van der Waals surface area contributed by atoms with Crippen molar-refractivity contribution < 1.29 is 64.0 Å². The van der Waals surface area contributed by atoms with Crippen LogP contribution in [0.15, 0.2) is 48.6 Å². The molecule has 3 aliphatic carbocycles. The first-order valence-corrected chi connectivity index (χ1v) is 12.7. The maximum atomic E-state index is 13.3. The Morgan fingerprint density at radius 1 is 1.05 bits per heavy atom. The minimum Gasteiger partial charge on any atom is -0.504 e. The number of aromatic hydroxyl groups is 2. The van der Waals surface area contributed by atoms with Gasteiger partial charge in [0.1, 0.15) is 30.7 Å². The minimum absolute atomic E-state index is 0.0408. The van der Waals surface area contributed by atoms with Crippen LogP contribution < -0.4 is 4.74 Å². The molecule has 1 saturated heterocycles. The summed E-state index contributed by atoms with van der Waals surface area (Å²) < 4.78 is 21.8. The van der Waals surface area contributed by atoms with Crippen molar-refractivity contribution in [2.45, 2.75) is 61.7 Å². The Hall–Kier alpha value is -4.01. The van der Waals surface area contributed by atoms with Gasteiger partial charge in [-0.05, 0) is 17.7 Å². The molecule has 4 aliphatic rings. The number of carbonyl (C=O) groups is 3. The standard InChI is InChI=1S/C28H28O13/c1-12(30)39-24-23(34)22(33)19(10-29)41-26(24)40-18-5-3-2-4-13(18)11-38-27(36)28(37)16-8-6-15(25(28)35)14-7-9-17(31)21(32)20(14)16/h2-9,15-16,19,22-24,26,29,31-34,37H,10-11H2,1H3/t15?,16?,19?,22-,23?,24+,26-,28-/m0/s1. The van der Waals surface area contributed by atoms with E-state index in [4.69, 9.17) is 18.9 Å². The quantitative estimate of drug-likeness (QED) is 0.109. The molecule has 1 aliphatic heterocycles. The lowest BCUT2D eigenvalue weighted by Crippen LogP contribution is -2.61. The molecule has 1 heterocycles. The Kier molecular flexibility index (Phi) is 7.48. The van der Waals surface area contributed by atoms with E-state index in [0.29, 0.717) is 5.56 Å². The van der Waals surface area contributed by atoms with Crippen LogP contribution in [0.2, 0.25) is 0 Å². The molecule has 218 valence electrons. The number of allylic oxidation sites excluding steroid dienone is 1. The van der Waals surface area contributed by atoms with Crippen LogP contribution in [0.25, 0.3) is 0 Å². The SMILES string of the molecule is CC(=O)O[C@@H]1C(O)[C@@H](O)C(CO)O[C@@H]1Oc1ccccc1COC(=O)[C@@]1(O)C(=O)C2C=CC1c1c2ccc(O)c1O. The number of rotatable bonds is 7. The van der Waals surface area contributed by atoms with E-state index in [1.54, 1.807) is 12.1 Å². The number of Topliss-reactive ketones (excluding diaryl/α,β-unsaturated/α-hetero) is 1. The maximum absolute atomic E-state index is 13.3. The number of phenolic OH excluding ortho intramolecular Hbond substituents is 2. The highest BCUT2D eigenvalue weighted by Crippen LogP contribution is 2.53. The normalized spacial score (nSPS) is 31.8. The first-order chi connectivity index (χ1) is 19.5. The van der Waals surface area contributed by atoms with Crippen LogP contribution in [0, 0.1) is 0 Å². The molecule has 13 heteroatoms. The van der Waals surface area contributed by atoms with E-state index in [0.717, 1.165) is 6.92 Å². The zero-order valence-electron chi connectivity index (χ0n) is 21.6. The van der Waals surface area contributed by atoms with Gasteiger partial charge in [0.25, 0.3) is 0 Å². The molecule has 8 atom stereocenters. The molecule has 0 radical (unpaired) electrons. The number of carbonyl (C=O) groups excluding carboxylic acids is 3. The molecule has 0 aromatic heterocycles. The van der Waals surface area contributed by atoms with Gasteiger partial charge >= 0.3 is 11.9 Å². The third-order valence-corrected chi connectivity index (χ3v) is 7.49. The van der Waals surface area contributed by atoms with Crippen molar-refractivity contribution in [3.63, 3.8) is 0 Å². The van der Waals surface area contributed by atoms with E-state index in [1.807, 2.05) is 0 Å². The number of aliphatic hydroxyl groups excluding tert-OH is 3. The number of fused-ring (bicyclic) bond motifs is 1. The van der Waals surface area contributed by atoms with Gasteiger partial charge in [-0.25, -0.2) is 4.79 Å². The van der Waals surface area contributed by atoms with Crippen molar-refractivity contribution in [1.29, 1.82) is 0 Å². The minimum atomic E-state index is -2.69. The first kappa shape index (κ1) is 28.5. The van der Waals surface area contributed by atoms with Crippen molar-refractivity contribution >= 4 is 17.7 Å². The Labute approximate surface area is 232 Å². The number of aliphatic hydroxyl groups is 4. The molecule has 0 saturated carbocycles. The summed E-state index contributed by atoms with van der Waals surface area (Å²) in [6.45, 7) is -0.103. The third-order valence-electron chi connectivity index (χ3n) is 7.49. The number of ketones is 1. The fourth-order valence-electron chi connectivity index (χ4n) is 5.41. The highest BCUT2D eigenvalue weighted by atomic mass is 16.7. The van der Waals surface area contributed by atoms with E-state index < -0.39 is 90.6 Å². The average molecular weight is 573 g/mol. The van der Waals surface area contributed by atoms with Gasteiger partial charge in [0, 0.05) is 18.1 Å². The second-order valence-corrected chi connectivity index (χ2v) is 9.99. The maximum Gasteiger partial charge on any atom is 0.347 e. The van der Waals surface area contributed by atoms with Gasteiger partial charge in [0.15, 0.2) is 23.4 Å². The van der Waals surface area contributed by atoms with Crippen LogP contribution in [0.1, 0.15) is 35.4 Å². The zero-order chi connectivity index (χ0) is 29.6. The van der Waals surface area contributed by atoms with Crippen LogP contribution in [0.4, 0.5) is 0 Å². The summed E-state index contributed by atoms with van der Waals surface area (Å²) in [5.41, 5.74) is -2.06. The molecular weight excluding hydrogens is 544 g/mol. The smallest absolute Gasteiger partial charge is 0.347 e. The molecule has 4 unspecified atom stereocenters. The van der Waals surface area contributed by atoms with Crippen LogP contribution in [0.5, 0.6) is 17.2 Å². The predicted molar refractivity (Wildman–Crippen MR) is 135 cm³/mol. The molecule has 1 fully saturated rings. The number of hydrogen-bond acceptors (Lipinski definition) is 13. The highest BCUT2D eigenvalue weighted by molar-refractivity contribution is 6.14. The zero-order valence-corrected chi connectivity index (χ0v) is 21.6. The molecule has 0 amide bonds. The first-order valence-electron chi connectivity index (χ1n) is 12.7. The van der Waals surface area contributed by atoms with E-state index in [-0.39, 0.29) is 16.9 Å². The van der Waals surface area contributed by atoms with E-state index in [1.165, 1.54) is 36.4 Å². The van der Waals surface area contributed by atoms with Gasteiger partial charge in [-0.1, -0.05) is 36.4 Å². The summed E-state index contributed by atoms with van der Waals surface area (Å²) in [6.07, 6.45) is -4.56. The molecule has 41 heavy (non-hydrogen) atoms. The molecule has 2 bridgehead atoms. The van der Waals surface area contributed by atoms with Crippen LogP contribution in [0.3, 0.4) is 0 Å². The van der Waals surface area contributed by atoms with Crippen molar-refractivity contribution in [2.75, 3.05) is 6.61 Å². The summed E-state index contributed by atoms with van der Waals surface area (Å²) in [4.78, 5) is 38.1. The Morgan fingerprint density at radius 3 is 2.49 bits per heavy atom. The van der Waals surface area contributed by atoms with Crippen molar-refractivity contribution in [2.24, 2.45) is 0 Å². The summed E-state index contributed by atoms with van der Waals surface area (Å²) >= 11 is 0. The van der Waals surface area contributed by atoms with Gasteiger partial charge in [0.2, 0.25) is 11.9 Å². The van der Waals surface area contributed by atoms with Gasteiger partial charge in [-0.3, -0.25) is 9.59 Å². The van der Waals surface area contributed by atoms with Gasteiger partial charge in [0.05, 0.1) is 18.4 Å². The monoisotopic (exact) mass is 572 g/mol. The Bertz CT molecular complexity index is 1400. The van der Waals surface area contributed by atoms with Crippen LogP contribution >= 0.6 is 0 Å². The number of phenols is 2. The number of benzene rings is 2. The van der Waals surface area contributed by atoms with E-state index in [2.05, 4.69) is 0 Å². The molecule has 2 aromatic carbocycles. The van der Waals surface area contributed by atoms with Crippen LogP contribution in [-0.2, 0) is 35.2 Å². The van der Waals surface area contributed by atoms with E-state index in [9.17, 15) is 45.0 Å². The largest absolute Gasteiger partial charge is 0.504 e. The lowest BCUT2D eigenvalue weighted by Gasteiger charge is -2.43. The second-order valence-electron chi connectivity index (χ2n) is 9.99. The topological polar surface area (TPSA) is 210 Å². The van der Waals surface area contributed by atoms with Crippen molar-refractivity contribution in [1.82, 2.24) is 0 Å². The molecule has 2 aromatic rings. The lowest BCUT2D eigenvalue weighted by molar-refractivity contribution is -0.282. The Morgan fingerprint density at radius 2 is 1.78 bits per heavy atom. The summed E-state index contributed by atoms with van der Waals surface area (Å²) in [6, 6.07) is 8.75. The van der Waals surface area contributed by atoms with Crippen LogP contribution in [-0.4, -0.2) is 91.3 Å². The highest BCUT2D eigenvalue weighted by Gasteiger charge is 2.60. The summed E-state index contributed by atoms with van der Waals surface area (Å²) in [7, 11) is 0. The predicted octanol–water partition coefficient (Wildman–Crippen LogP) is -0.359. The van der Waals surface area contributed by atoms with Crippen molar-refractivity contribution in [3.8, 4) is 17.2 Å². The lowest BCUT2D eigenvalue weighted by atomic mass is 9.62. The van der Waals surface area contributed by atoms with Gasteiger partial charge < -0.3 is 49.6 Å². The molecule has 6 N–H and O–H groups in total. The molecular formula is C28H28O13. The fraction of sp³-hybridized carbons (Fsp3) is 0.393. The third kappa shape index (κ3) is 4.71. The molecule has 6 rings (SSSR count). The number of hydrogen-bond donors (Lipinski definition) is 6. The van der Waals surface area contributed by atoms with Crippen molar-refractivity contribution in [3.05, 3.63) is 65.2 Å². The Balaban J connectivity index is 1.37. The molecule has 0 spiro atoms. The average Bonchev–Trinajstić information content (AvgIpc) is 2.95. The second kappa shape index (κ2) is 10.8. The van der Waals surface area contributed by atoms with Gasteiger partial charge in [-0.2, -0.15) is 0 Å². The number of para-hydroxylation sites is 1. The fourth-order valence-corrected chi connectivity index (χ4v) is 5.41. The summed E-state index contributed by atoms with van der Waals surface area (Å²) in [5, 5.41) is 62.0. The number of ether oxygens (including phenoxy) is 4.